The van der Waals surface area contributed by atoms with Crippen LogP contribution >= 0.6 is 0 Å². The minimum absolute atomic E-state index is 0.0788. The number of allylic oxidation sites excluding steroid dienone is 1. The van der Waals surface area contributed by atoms with E-state index in [-0.39, 0.29) is 11.5 Å². The van der Waals surface area contributed by atoms with Gasteiger partial charge in [0.25, 0.3) is 5.69 Å². The lowest BCUT2D eigenvalue weighted by molar-refractivity contribution is -0.385. The number of benzene rings is 3. The first-order chi connectivity index (χ1) is 16.5. The standard InChI is InChI=1S/C27H25NO6/c1-2-3-6-19-33-23-14-11-22(12-15-23)27(30)34-24-16-9-21(10-17-24)26(29)18-13-20-7-4-5-8-25(20)28(31)32/h4-5,7-18H,2-3,6,19H2,1H3/b18-13+. The summed E-state index contributed by atoms with van der Waals surface area (Å²) in [4.78, 5) is 35.4. The molecule has 0 heterocycles. The van der Waals surface area contributed by atoms with Crippen LogP contribution in [-0.4, -0.2) is 23.3 Å². The first kappa shape index (κ1) is 24.4. The number of hydrogen-bond donors (Lipinski definition) is 0. The van der Waals surface area contributed by atoms with Crippen LogP contribution in [0.25, 0.3) is 6.08 Å². The van der Waals surface area contributed by atoms with Crippen molar-refractivity contribution in [2.75, 3.05) is 6.61 Å². The maximum Gasteiger partial charge on any atom is 0.343 e. The van der Waals surface area contributed by atoms with Crippen LogP contribution < -0.4 is 9.47 Å². The second kappa shape index (κ2) is 12.1. The topological polar surface area (TPSA) is 95.7 Å². The zero-order valence-electron chi connectivity index (χ0n) is 18.8. The van der Waals surface area contributed by atoms with Crippen molar-refractivity contribution >= 4 is 23.5 Å². The van der Waals surface area contributed by atoms with Gasteiger partial charge in [0, 0.05) is 11.6 Å². The monoisotopic (exact) mass is 459 g/mol. The average Bonchev–Trinajstić information content (AvgIpc) is 2.86. The van der Waals surface area contributed by atoms with Gasteiger partial charge < -0.3 is 9.47 Å². The normalized spacial score (nSPS) is 10.7. The maximum absolute atomic E-state index is 12.4. The van der Waals surface area contributed by atoms with Crippen LogP contribution in [-0.2, 0) is 0 Å². The number of nitrogens with zero attached hydrogens (tertiary/aromatic N) is 1. The van der Waals surface area contributed by atoms with Crippen molar-refractivity contribution in [3.63, 3.8) is 0 Å². The molecule has 0 aliphatic carbocycles. The molecule has 3 aromatic carbocycles. The van der Waals surface area contributed by atoms with Gasteiger partial charge in [-0.25, -0.2) is 4.79 Å². The Morgan fingerprint density at radius 1 is 0.882 bits per heavy atom. The van der Waals surface area contributed by atoms with Crippen molar-refractivity contribution in [1.82, 2.24) is 0 Å². The highest BCUT2D eigenvalue weighted by molar-refractivity contribution is 6.07. The number of rotatable bonds is 11. The SMILES string of the molecule is CCCCCOc1ccc(C(=O)Oc2ccc(C(=O)/C=C/c3ccccc3[N+](=O)[O-])cc2)cc1. The Kier molecular flexibility index (Phi) is 8.68. The summed E-state index contributed by atoms with van der Waals surface area (Å²) < 4.78 is 11.0. The van der Waals surface area contributed by atoms with Gasteiger partial charge in [-0.05, 0) is 73.2 Å². The molecule has 0 saturated heterocycles. The molecule has 0 radical (unpaired) electrons. The first-order valence-corrected chi connectivity index (χ1v) is 11.0. The molecule has 34 heavy (non-hydrogen) atoms. The molecule has 0 aliphatic heterocycles. The summed E-state index contributed by atoms with van der Waals surface area (Å²) in [7, 11) is 0. The van der Waals surface area contributed by atoms with Crippen LogP contribution in [0.5, 0.6) is 11.5 Å². The van der Waals surface area contributed by atoms with Crippen molar-refractivity contribution in [2.24, 2.45) is 0 Å². The minimum Gasteiger partial charge on any atom is -0.494 e. The number of nitro groups is 1. The van der Waals surface area contributed by atoms with Gasteiger partial charge in [-0.1, -0.05) is 31.9 Å². The lowest BCUT2D eigenvalue weighted by Gasteiger charge is -2.07. The summed E-state index contributed by atoms with van der Waals surface area (Å²) in [6.07, 6.45) is 5.90. The van der Waals surface area contributed by atoms with Gasteiger partial charge in [0.15, 0.2) is 5.78 Å². The number of hydrogen-bond acceptors (Lipinski definition) is 6. The van der Waals surface area contributed by atoms with Crippen LogP contribution in [0, 0.1) is 10.1 Å². The van der Waals surface area contributed by atoms with Crippen molar-refractivity contribution in [3.05, 3.63) is 106 Å². The molecule has 7 heteroatoms. The molecule has 0 aromatic heterocycles. The van der Waals surface area contributed by atoms with E-state index in [0.29, 0.717) is 34.8 Å². The van der Waals surface area contributed by atoms with E-state index in [4.69, 9.17) is 9.47 Å². The Morgan fingerprint density at radius 3 is 2.21 bits per heavy atom. The number of ketones is 1. The second-order valence-corrected chi connectivity index (χ2v) is 7.51. The largest absolute Gasteiger partial charge is 0.494 e. The van der Waals surface area contributed by atoms with Crippen molar-refractivity contribution in [2.45, 2.75) is 26.2 Å². The van der Waals surface area contributed by atoms with Gasteiger partial charge in [0.05, 0.1) is 22.7 Å². The van der Waals surface area contributed by atoms with E-state index < -0.39 is 10.9 Å². The molecule has 174 valence electrons. The molecule has 0 unspecified atom stereocenters. The second-order valence-electron chi connectivity index (χ2n) is 7.51. The van der Waals surface area contributed by atoms with Gasteiger partial charge in [-0.2, -0.15) is 0 Å². The molecular weight excluding hydrogens is 434 g/mol. The summed E-state index contributed by atoms with van der Waals surface area (Å²) in [6, 6.07) is 19.0. The third kappa shape index (κ3) is 6.87. The highest BCUT2D eigenvalue weighted by Gasteiger charge is 2.12. The van der Waals surface area contributed by atoms with Crippen LogP contribution in [0.1, 0.15) is 52.5 Å². The lowest BCUT2D eigenvalue weighted by Crippen LogP contribution is -2.08. The summed E-state index contributed by atoms with van der Waals surface area (Å²) in [5.41, 5.74) is 1.00. The van der Waals surface area contributed by atoms with Gasteiger partial charge in [0.2, 0.25) is 0 Å². The van der Waals surface area contributed by atoms with Crippen molar-refractivity contribution in [1.29, 1.82) is 0 Å². The van der Waals surface area contributed by atoms with Gasteiger partial charge in [0.1, 0.15) is 11.5 Å². The Labute approximate surface area is 197 Å². The molecule has 0 amide bonds. The van der Waals surface area contributed by atoms with Crippen molar-refractivity contribution < 1.29 is 24.0 Å². The fourth-order valence-corrected chi connectivity index (χ4v) is 3.14. The van der Waals surface area contributed by atoms with Crippen LogP contribution in [0.2, 0.25) is 0 Å². The molecule has 0 spiro atoms. The fourth-order valence-electron chi connectivity index (χ4n) is 3.14. The zero-order chi connectivity index (χ0) is 24.3. The molecule has 0 aliphatic rings. The van der Waals surface area contributed by atoms with E-state index in [2.05, 4.69) is 6.92 Å². The molecule has 0 N–H and O–H groups in total. The van der Waals surface area contributed by atoms with Gasteiger partial charge in [-0.3, -0.25) is 14.9 Å². The Morgan fingerprint density at radius 2 is 1.53 bits per heavy atom. The number of esters is 1. The van der Waals surface area contributed by atoms with E-state index in [1.807, 2.05) is 0 Å². The number of carbonyl (C=O) groups excluding carboxylic acids is 2. The predicted octanol–water partition coefficient (Wildman–Crippen LogP) is 6.28. The van der Waals surface area contributed by atoms with Crippen molar-refractivity contribution in [3.8, 4) is 11.5 Å². The Hall–Kier alpha value is -4.26. The number of nitro benzene ring substituents is 1. The molecule has 0 bridgehead atoms. The first-order valence-electron chi connectivity index (χ1n) is 11.0. The summed E-state index contributed by atoms with van der Waals surface area (Å²) in [5, 5.41) is 11.1. The smallest absolute Gasteiger partial charge is 0.343 e. The van der Waals surface area contributed by atoms with Gasteiger partial charge >= 0.3 is 5.97 Å². The van der Waals surface area contributed by atoms with E-state index >= 15 is 0 Å². The highest BCUT2D eigenvalue weighted by Crippen LogP contribution is 2.20. The Bertz CT molecular complexity index is 1170. The predicted molar refractivity (Wildman–Crippen MR) is 129 cm³/mol. The molecule has 3 aromatic rings. The average molecular weight is 459 g/mol. The van der Waals surface area contributed by atoms with Crippen LogP contribution in [0.4, 0.5) is 5.69 Å². The lowest BCUT2D eigenvalue weighted by atomic mass is 10.1. The van der Waals surface area contributed by atoms with Crippen LogP contribution in [0.3, 0.4) is 0 Å². The molecule has 0 fully saturated rings. The third-order valence-electron chi connectivity index (χ3n) is 5.00. The fraction of sp³-hybridized carbons (Fsp3) is 0.185. The molecule has 0 saturated carbocycles. The molecule has 0 atom stereocenters. The molecule has 3 rings (SSSR count). The van der Waals surface area contributed by atoms with Crippen LogP contribution in [0.15, 0.2) is 78.9 Å². The maximum atomic E-state index is 12.4. The third-order valence-corrected chi connectivity index (χ3v) is 5.00. The number of carbonyl (C=O) groups is 2. The van der Waals surface area contributed by atoms with E-state index in [1.165, 1.54) is 42.5 Å². The summed E-state index contributed by atoms with van der Waals surface area (Å²) >= 11 is 0. The highest BCUT2D eigenvalue weighted by atomic mass is 16.6. The van der Waals surface area contributed by atoms with Gasteiger partial charge in [-0.15, -0.1) is 0 Å². The summed E-state index contributed by atoms with van der Waals surface area (Å²) in [5.74, 6) is 0.145. The number of para-hydroxylation sites is 1. The minimum atomic E-state index is -0.520. The Balaban J connectivity index is 1.57. The van der Waals surface area contributed by atoms with E-state index in [9.17, 15) is 19.7 Å². The van der Waals surface area contributed by atoms with E-state index in [0.717, 1.165) is 19.3 Å². The number of unbranched alkanes of at least 4 members (excludes halogenated alkanes) is 2. The number of ether oxygens (including phenoxy) is 2. The van der Waals surface area contributed by atoms with E-state index in [1.54, 1.807) is 42.5 Å². The summed E-state index contributed by atoms with van der Waals surface area (Å²) in [6.45, 7) is 2.77. The molecule has 7 nitrogen and oxygen atoms in total. The quantitative estimate of drug-likeness (QED) is 0.0637. The molecular formula is C27H25NO6. The zero-order valence-corrected chi connectivity index (χ0v) is 18.8.